The van der Waals surface area contributed by atoms with Crippen molar-refractivity contribution < 1.29 is 4.79 Å². The van der Waals surface area contributed by atoms with Crippen molar-refractivity contribution in [3.05, 3.63) is 18.2 Å². The predicted octanol–water partition coefficient (Wildman–Crippen LogP) is 3.34. The Morgan fingerprint density at radius 3 is 3.00 bits per heavy atom. The van der Waals surface area contributed by atoms with Gasteiger partial charge in [0, 0.05) is 6.54 Å². The number of carbonyl (C=O) groups excluding carboxylic acids is 1. The molecule has 0 unspecified atom stereocenters. The number of hydrogen-bond donors (Lipinski definition) is 2. The molecular weight excluding hydrogens is 364 g/mol. The highest BCUT2D eigenvalue weighted by atomic mass is 32.2. The molecule has 3 aromatic rings. The third-order valence-corrected chi connectivity index (χ3v) is 5.51. The smallest absolute Gasteiger partial charge is 0.234 e. The van der Waals surface area contributed by atoms with Crippen LogP contribution >= 0.6 is 34.8 Å². The van der Waals surface area contributed by atoms with Gasteiger partial charge in [-0.05, 0) is 18.1 Å². The summed E-state index contributed by atoms with van der Waals surface area (Å²) in [6, 6.07) is 5.55. The van der Waals surface area contributed by atoms with Crippen molar-refractivity contribution in [1.82, 2.24) is 18.9 Å². The van der Waals surface area contributed by atoms with E-state index in [1.54, 1.807) is 0 Å². The number of hydrogen-bond acceptors (Lipinski definition) is 9. The molecule has 0 bridgehead atoms. The third-order valence-electron chi connectivity index (χ3n) is 2.95. The summed E-state index contributed by atoms with van der Waals surface area (Å²) in [6.07, 6.45) is 0. The molecule has 2 aromatic heterocycles. The quantitative estimate of drug-likeness (QED) is 0.607. The van der Waals surface area contributed by atoms with Crippen LogP contribution in [0.4, 0.5) is 10.8 Å². The molecule has 0 fully saturated rings. The second-order valence-corrected chi connectivity index (χ2v) is 8.15. The molecule has 0 aliphatic carbocycles. The molecule has 1 aromatic carbocycles. The molecule has 126 valence electrons. The van der Waals surface area contributed by atoms with Crippen molar-refractivity contribution in [2.45, 2.75) is 18.2 Å². The van der Waals surface area contributed by atoms with Gasteiger partial charge in [0.1, 0.15) is 11.0 Å². The number of anilines is 2. The van der Waals surface area contributed by atoms with Gasteiger partial charge in [0.15, 0.2) is 4.34 Å². The Morgan fingerprint density at radius 2 is 2.17 bits per heavy atom. The second-order valence-electron chi connectivity index (χ2n) is 5.42. The number of nitrogens with zero attached hydrogens (tertiary/aromatic N) is 4. The molecule has 0 aliphatic rings. The van der Waals surface area contributed by atoms with Crippen molar-refractivity contribution in [2.24, 2.45) is 5.92 Å². The van der Waals surface area contributed by atoms with Gasteiger partial charge in [-0.3, -0.25) is 4.79 Å². The van der Waals surface area contributed by atoms with Crippen LogP contribution in [-0.4, -0.2) is 37.1 Å². The Kier molecular flexibility index (Phi) is 5.59. The van der Waals surface area contributed by atoms with Crippen molar-refractivity contribution in [1.29, 1.82) is 0 Å². The lowest BCUT2D eigenvalue weighted by Crippen LogP contribution is -2.14. The van der Waals surface area contributed by atoms with E-state index in [4.69, 9.17) is 0 Å². The first-order valence-electron chi connectivity index (χ1n) is 7.33. The molecule has 2 heterocycles. The van der Waals surface area contributed by atoms with Crippen LogP contribution in [0.5, 0.6) is 0 Å². The van der Waals surface area contributed by atoms with Crippen LogP contribution in [0, 0.1) is 5.92 Å². The van der Waals surface area contributed by atoms with E-state index in [-0.39, 0.29) is 11.7 Å². The zero-order valence-electron chi connectivity index (χ0n) is 13.1. The Morgan fingerprint density at radius 1 is 1.29 bits per heavy atom. The monoisotopic (exact) mass is 380 g/mol. The number of fused-ring (bicyclic) bond motifs is 1. The third kappa shape index (κ3) is 4.40. The first-order valence-corrected chi connectivity index (χ1v) is 9.86. The van der Waals surface area contributed by atoms with Gasteiger partial charge in [0.05, 0.1) is 23.2 Å². The number of amides is 1. The van der Waals surface area contributed by atoms with Crippen molar-refractivity contribution >= 4 is 62.6 Å². The minimum atomic E-state index is -0.104. The summed E-state index contributed by atoms with van der Waals surface area (Å²) in [5, 5.41) is 15.0. The molecule has 0 aliphatic heterocycles. The Bertz CT molecular complexity index is 831. The van der Waals surface area contributed by atoms with Gasteiger partial charge >= 0.3 is 0 Å². The first-order chi connectivity index (χ1) is 11.6. The SMILES string of the molecule is CC(C)CNc1nnc(SCC(=O)Nc2cccc3nsnc23)s1. The van der Waals surface area contributed by atoms with Gasteiger partial charge in [0.2, 0.25) is 11.0 Å². The summed E-state index contributed by atoms with van der Waals surface area (Å²) in [5.74, 6) is 0.707. The molecule has 10 heteroatoms. The van der Waals surface area contributed by atoms with Gasteiger partial charge in [0.25, 0.3) is 0 Å². The van der Waals surface area contributed by atoms with Gasteiger partial charge in [-0.2, -0.15) is 8.75 Å². The highest BCUT2D eigenvalue weighted by molar-refractivity contribution is 8.01. The Balaban J connectivity index is 1.53. The fraction of sp³-hybridized carbons (Fsp3) is 0.357. The standard InChI is InChI=1S/C14H16N6OS3/c1-8(2)6-15-13-17-18-14(23-13)22-7-11(21)16-9-4-3-5-10-12(9)20-24-19-10/h3-5,8H,6-7H2,1-2H3,(H,15,17)(H,16,21). The highest BCUT2D eigenvalue weighted by Crippen LogP contribution is 2.26. The highest BCUT2D eigenvalue weighted by Gasteiger charge is 2.11. The zero-order chi connectivity index (χ0) is 16.9. The van der Waals surface area contributed by atoms with Crippen molar-refractivity contribution in [2.75, 3.05) is 22.9 Å². The molecule has 2 N–H and O–H groups in total. The maximum atomic E-state index is 12.1. The Labute approximate surface area is 151 Å². The summed E-state index contributed by atoms with van der Waals surface area (Å²) in [7, 11) is 0. The minimum Gasteiger partial charge on any atom is -0.360 e. The minimum absolute atomic E-state index is 0.104. The summed E-state index contributed by atoms with van der Waals surface area (Å²) in [4.78, 5) is 12.1. The molecule has 0 radical (unpaired) electrons. The number of benzene rings is 1. The zero-order valence-corrected chi connectivity index (χ0v) is 15.6. The van der Waals surface area contributed by atoms with Gasteiger partial charge in [-0.1, -0.05) is 43.0 Å². The van der Waals surface area contributed by atoms with E-state index in [9.17, 15) is 4.79 Å². The number of carbonyl (C=O) groups is 1. The van der Waals surface area contributed by atoms with E-state index in [1.165, 1.54) is 23.1 Å². The second kappa shape index (κ2) is 7.86. The lowest BCUT2D eigenvalue weighted by atomic mass is 10.2. The van der Waals surface area contributed by atoms with E-state index in [0.717, 1.165) is 38.8 Å². The summed E-state index contributed by atoms with van der Waals surface area (Å²) < 4.78 is 9.14. The Hall–Kier alpha value is -1.78. The fourth-order valence-electron chi connectivity index (χ4n) is 1.85. The lowest BCUT2D eigenvalue weighted by molar-refractivity contribution is -0.113. The van der Waals surface area contributed by atoms with Crippen LogP contribution in [-0.2, 0) is 4.79 Å². The molecule has 3 rings (SSSR count). The lowest BCUT2D eigenvalue weighted by Gasteiger charge is -2.04. The van der Waals surface area contributed by atoms with E-state index < -0.39 is 0 Å². The summed E-state index contributed by atoms with van der Waals surface area (Å²) >= 11 is 3.96. The maximum absolute atomic E-state index is 12.1. The van der Waals surface area contributed by atoms with E-state index in [1.807, 2.05) is 18.2 Å². The molecule has 0 saturated carbocycles. The maximum Gasteiger partial charge on any atom is 0.234 e. The molecule has 0 atom stereocenters. The number of nitrogens with one attached hydrogen (secondary N) is 2. The van der Waals surface area contributed by atoms with Gasteiger partial charge < -0.3 is 10.6 Å². The van der Waals surface area contributed by atoms with Crippen LogP contribution in [0.15, 0.2) is 22.5 Å². The largest absolute Gasteiger partial charge is 0.360 e. The normalized spacial score (nSPS) is 11.1. The molecule has 7 nitrogen and oxygen atoms in total. The fourth-order valence-corrected chi connectivity index (χ4v) is 3.96. The topological polar surface area (TPSA) is 92.7 Å². The van der Waals surface area contributed by atoms with Crippen LogP contribution in [0.1, 0.15) is 13.8 Å². The van der Waals surface area contributed by atoms with Crippen LogP contribution < -0.4 is 10.6 Å². The molecule has 0 spiro atoms. The van der Waals surface area contributed by atoms with Crippen LogP contribution in [0.2, 0.25) is 0 Å². The summed E-state index contributed by atoms with van der Waals surface area (Å²) in [6.45, 7) is 5.12. The number of thioether (sulfide) groups is 1. The molecule has 24 heavy (non-hydrogen) atoms. The van der Waals surface area contributed by atoms with E-state index in [0.29, 0.717) is 11.6 Å². The average Bonchev–Trinajstić information content (AvgIpc) is 3.20. The molecular formula is C14H16N6OS3. The van der Waals surface area contributed by atoms with Crippen molar-refractivity contribution in [3.8, 4) is 0 Å². The molecule has 0 saturated heterocycles. The van der Waals surface area contributed by atoms with Gasteiger partial charge in [-0.25, -0.2) is 0 Å². The number of aromatic nitrogens is 4. The van der Waals surface area contributed by atoms with E-state index in [2.05, 4.69) is 43.4 Å². The number of rotatable bonds is 7. The predicted molar refractivity (Wildman–Crippen MR) is 100 cm³/mol. The average molecular weight is 381 g/mol. The van der Waals surface area contributed by atoms with Crippen molar-refractivity contribution in [3.63, 3.8) is 0 Å². The molecule has 1 amide bonds. The first kappa shape index (κ1) is 17.1. The van der Waals surface area contributed by atoms with Crippen LogP contribution in [0.25, 0.3) is 11.0 Å². The summed E-state index contributed by atoms with van der Waals surface area (Å²) in [5.41, 5.74) is 2.19. The van der Waals surface area contributed by atoms with Crippen LogP contribution in [0.3, 0.4) is 0 Å². The van der Waals surface area contributed by atoms with Gasteiger partial charge in [-0.15, -0.1) is 10.2 Å². The van der Waals surface area contributed by atoms with E-state index >= 15 is 0 Å².